The molecule has 0 radical (unpaired) electrons. The van der Waals surface area contributed by atoms with Crippen molar-refractivity contribution in [1.29, 1.82) is 0 Å². The molecule has 3 atom stereocenters. The molecule has 2 aliphatic rings. The van der Waals surface area contributed by atoms with E-state index in [0.717, 1.165) is 24.6 Å². The van der Waals surface area contributed by atoms with Crippen molar-refractivity contribution in [2.24, 2.45) is 5.92 Å². The van der Waals surface area contributed by atoms with Crippen LogP contribution in [0.2, 0.25) is 0 Å². The molecule has 0 aromatic heterocycles. The van der Waals surface area contributed by atoms with Crippen molar-refractivity contribution < 1.29 is 4.74 Å². The van der Waals surface area contributed by atoms with Crippen molar-refractivity contribution >= 4 is 0 Å². The molecule has 104 valence electrons. The fraction of sp³-hybridized carbons (Fsp3) is 0.647. The largest absolute Gasteiger partial charge is 0.488 e. The molecule has 1 aromatic carbocycles. The Morgan fingerprint density at radius 2 is 2.21 bits per heavy atom. The van der Waals surface area contributed by atoms with Crippen LogP contribution in [0.5, 0.6) is 5.75 Å². The summed E-state index contributed by atoms with van der Waals surface area (Å²) < 4.78 is 6.02. The summed E-state index contributed by atoms with van der Waals surface area (Å²) in [7, 11) is 0. The van der Waals surface area contributed by atoms with E-state index in [1.54, 1.807) is 0 Å². The molecule has 1 saturated carbocycles. The fourth-order valence-electron chi connectivity index (χ4n) is 3.48. The van der Waals surface area contributed by atoms with Gasteiger partial charge in [-0.25, -0.2) is 0 Å². The van der Waals surface area contributed by atoms with E-state index in [4.69, 9.17) is 4.74 Å². The lowest BCUT2D eigenvalue weighted by Gasteiger charge is -2.28. The quantitative estimate of drug-likeness (QED) is 0.897. The first-order valence-electron chi connectivity index (χ1n) is 7.70. The average Bonchev–Trinajstić information content (AvgIpc) is 2.78. The maximum absolute atomic E-state index is 6.02. The van der Waals surface area contributed by atoms with Crippen molar-refractivity contribution in [3.8, 4) is 5.75 Å². The maximum Gasteiger partial charge on any atom is 0.123 e. The van der Waals surface area contributed by atoms with Gasteiger partial charge in [0, 0.05) is 19.0 Å². The van der Waals surface area contributed by atoms with E-state index in [1.165, 1.54) is 36.8 Å². The summed E-state index contributed by atoms with van der Waals surface area (Å²) >= 11 is 0. The van der Waals surface area contributed by atoms with Crippen molar-refractivity contribution in [3.05, 3.63) is 29.3 Å². The minimum Gasteiger partial charge on any atom is -0.488 e. The van der Waals surface area contributed by atoms with Crippen molar-refractivity contribution in [3.63, 3.8) is 0 Å². The van der Waals surface area contributed by atoms with Crippen molar-refractivity contribution in [2.45, 2.75) is 58.1 Å². The molecule has 3 unspecified atom stereocenters. The molecule has 2 nitrogen and oxygen atoms in total. The highest BCUT2D eigenvalue weighted by atomic mass is 16.5. The first-order chi connectivity index (χ1) is 9.20. The Bertz CT molecular complexity index is 443. The zero-order chi connectivity index (χ0) is 13.2. The zero-order valence-corrected chi connectivity index (χ0v) is 12.1. The Labute approximate surface area is 116 Å². The minimum atomic E-state index is 0.328. The molecule has 3 rings (SSSR count). The summed E-state index contributed by atoms with van der Waals surface area (Å²) in [6.45, 7) is 5.51. The van der Waals surface area contributed by atoms with Crippen LogP contribution in [0.4, 0.5) is 0 Å². The predicted molar refractivity (Wildman–Crippen MR) is 78.7 cm³/mol. The van der Waals surface area contributed by atoms with E-state index in [9.17, 15) is 0 Å². The highest BCUT2D eigenvalue weighted by molar-refractivity contribution is 5.40. The molecule has 1 aliphatic carbocycles. The summed E-state index contributed by atoms with van der Waals surface area (Å²) in [5, 5.41) is 3.72. The van der Waals surface area contributed by atoms with Gasteiger partial charge in [0.2, 0.25) is 0 Å². The Morgan fingerprint density at radius 3 is 3.05 bits per heavy atom. The first-order valence-corrected chi connectivity index (χ1v) is 7.70. The van der Waals surface area contributed by atoms with E-state index in [-0.39, 0.29) is 0 Å². The molecule has 1 fully saturated rings. The third-order valence-corrected chi connectivity index (χ3v) is 4.53. The Morgan fingerprint density at radius 1 is 1.32 bits per heavy atom. The van der Waals surface area contributed by atoms with Gasteiger partial charge in [-0.15, -0.1) is 0 Å². The monoisotopic (exact) mass is 259 g/mol. The second kappa shape index (κ2) is 5.54. The maximum atomic E-state index is 6.02. The van der Waals surface area contributed by atoms with Crippen LogP contribution >= 0.6 is 0 Å². The van der Waals surface area contributed by atoms with E-state index in [0.29, 0.717) is 12.1 Å². The molecule has 0 amide bonds. The van der Waals surface area contributed by atoms with Gasteiger partial charge in [-0.05, 0) is 37.3 Å². The lowest BCUT2D eigenvalue weighted by Crippen LogP contribution is -2.39. The van der Waals surface area contributed by atoms with Crippen LogP contribution in [0.25, 0.3) is 0 Å². The number of nitrogens with one attached hydrogen (secondary N) is 1. The molecule has 1 aliphatic heterocycles. The van der Waals surface area contributed by atoms with Gasteiger partial charge in [-0.2, -0.15) is 0 Å². The lowest BCUT2D eigenvalue weighted by molar-refractivity contribution is 0.207. The lowest BCUT2D eigenvalue weighted by atomic mass is 9.87. The van der Waals surface area contributed by atoms with Gasteiger partial charge in [-0.1, -0.05) is 37.5 Å². The van der Waals surface area contributed by atoms with E-state index >= 15 is 0 Å². The van der Waals surface area contributed by atoms with Gasteiger partial charge in [0.05, 0.1) is 0 Å². The molecule has 1 aromatic rings. The summed E-state index contributed by atoms with van der Waals surface area (Å²) in [5.41, 5.74) is 2.71. The molecule has 0 bridgehead atoms. The topological polar surface area (TPSA) is 21.3 Å². The van der Waals surface area contributed by atoms with Gasteiger partial charge in [-0.3, -0.25) is 0 Å². The van der Waals surface area contributed by atoms with E-state index in [2.05, 4.69) is 37.4 Å². The molecular weight excluding hydrogens is 234 g/mol. The van der Waals surface area contributed by atoms with Gasteiger partial charge in [0.25, 0.3) is 0 Å². The number of ether oxygens (including phenoxy) is 1. The number of fused-ring (bicyclic) bond motifs is 1. The average molecular weight is 259 g/mol. The molecule has 19 heavy (non-hydrogen) atoms. The number of benzene rings is 1. The van der Waals surface area contributed by atoms with Gasteiger partial charge in [0.15, 0.2) is 0 Å². The van der Waals surface area contributed by atoms with Crippen LogP contribution in [0.1, 0.15) is 43.7 Å². The number of hydrogen-bond donors (Lipinski definition) is 1. The third kappa shape index (κ3) is 3.11. The van der Waals surface area contributed by atoms with Crippen molar-refractivity contribution in [2.75, 3.05) is 6.54 Å². The van der Waals surface area contributed by atoms with E-state index < -0.39 is 0 Å². The second-order valence-corrected chi connectivity index (χ2v) is 6.43. The van der Waals surface area contributed by atoms with Crippen LogP contribution in [-0.4, -0.2) is 18.7 Å². The van der Waals surface area contributed by atoms with Gasteiger partial charge < -0.3 is 10.1 Å². The molecular formula is C17H25NO. The van der Waals surface area contributed by atoms with Crippen LogP contribution in [0, 0.1) is 12.8 Å². The van der Waals surface area contributed by atoms with Crippen molar-refractivity contribution in [1.82, 2.24) is 5.32 Å². The molecule has 0 spiro atoms. The zero-order valence-electron chi connectivity index (χ0n) is 12.1. The summed E-state index contributed by atoms with van der Waals surface area (Å²) in [5.74, 6) is 1.98. The molecule has 2 heteroatoms. The first kappa shape index (κ1) is 13.0. The highest BCUT2D eigenvalue weighted by Gasteiger charge is 2.25. The van der Waals surface area contributed by atoms with Crippen LogP contribution in [0.3, 0.4) is 0 Å². The number of aryl methyl sites for hydroxylation is 1. The highest BCUT2D eigenvalue weighted by Crippen LogP contribution is 2.29. The van der Waals surface area contributed by atoms with Gasteiger partial charge in [0.1, 0.15) is 11.9 Å². The smallest absolute Gasteiger partial charge is 0.123 e. The second-order valence-electron chi connectivity index (χ2n) is 6.43. The molecule has 1 N–H and O–H groups in total. The Hall–Kier alpha value is -1.02. The van der Waals surface area contributed by atoms with Crippen LogP contribution in [-0.2, 0) is 6.42 Å². The minimum absolute atomic E-state index is 0.328. The van der Waals surface area contributed by atoms with Gasteiger partial charge >= 0.3 is 0 Å². The predicted octanol–water partition coefficient (Wildman–Crippen LogP) is 3.47. The van der Waals surface area contributed by atoms with Crippen LogP contribution < -0.4 is 10.1 Å². The standard InChI is InChI=1S/C17H25NO/c1-12-4-3-5-15(9-12)18-11-16-10-14-8-13(2)6-7-17(14)19-16/h6-8,12,15-16,18H,3-5,9-11H2,1-2H3. The summed E-state index contributed by atoms with van der Waals surface area (Å²) in [6.07, 6.45) is 6.84. The summed E-state index contributed by atoms with van der Waals surface area (Å²) in [4.78, 5) is 0. The number of rotatable bonds is 3. The van der Waals surface area contributed by atoms with Crippen LogP contribution in [0.15, 0.2) is 18.2 Å². The molecule has 0 saturated heterocycles. The third-order valence-electron chi connectivity index (χ3n) is 4.53. The SMILES string of the molecule is Cc1ccc2c(c1)CC(CNC1CCCC(C)C1)O2. The fourth-order valence-corrected chi connectivity index (χ4v) is 3.48. The van der Waals surface area contributed by atoms with E-state index in [1.807, 2.05) is 0 Å². The Kier molecular flexibility index (Phi) is 3.79. The Balaban J connectivity index is 1.50. The number of hydrogen-bond acceptors (Lipinski definition) is 2. The normalized spacial score (nSPS) is 29.9. The summed E-state index contributed by atoms with van der Waals surface area (Å²) in [6, 6.07) is 7.22. The molecule has 1 heterocycles.